The summed E-state index contributed by atoms with van der Waals surface area (Å²) in [5, 5.41) is 4.09. The predicted octanol–water partition coefficient (Wildman–Crippen LogP) is 3.45. The van der Waals surface area contributed by atoms with Crippen LogP contribution in [0.2, 0.25) is 0 Å². The summed E-state index contributed by atoms with van der Waals surface area (Å²) in [6.07, 6.45) is 1.63. The van der Waals surface area contributed by atoms with E-state index < -0.39 is 0 Å². The number of hydrogen-bond donors (Lipinski definition) is 0. The maximum absolute atomic E-state index is 12.1. The van der Waals surface area contributed by atoms with E-state index in [0.717, 1.165) is 17.0 Å². The SMILES string of the molecule is CCC(C)CC(=O)c1snnc1C(C)(C)C. The van der Waals surface area contributed by atoms with Crippen molar-refractivity contribution < 1.29 is 4.79 Å². The number of aromatic nitrogens is 2. The Balaban J connectivity index is 2.89. The Bertz CT molecular complexity index is 365. The van der Waals surface area contributed by atoms with Crippen LogP contribution in [0, 0.1) is 5.92 Å². The largest absolute Gasteiger partial charge is 0.293 e. The van der Waals surface area contributed by atoms with Gasteiger partial charge >= 0.3 is 0 Å². The van der Waals surface area contributed by atoms with E-state index in [-0.39, 0.29) is 11.2 Å². The molecule has 0 saturated carbocycles. The summed E-state index contributed by atoms with van der Waals surface area (Å²) in [7, 11) is 0. The molecule has 1 heterocycles. The maximum Gasteiger partial charge on any atom is 0.176 e. The predicted molar refractivity (Wildman–Crippen MR) is 67.0 cm³/mol. The molecule has 0 aliphatic rings. The van der Waals surface area contributed by atoms with Crippen LogP contribution >= 0.6 is 11.5 Å². The molecule has 0 amide bonds. The van der Waals surface area contributed by atoms with Gasteiger partial charge in [0.05, 0.1) is 5.69 Å². The summed E-state index contributed by atoms with van der Waals surface area (Å²) < 4.78 is 3.91. The summed E-state index contributed by atoms with van der Waals surface area (Å²) in [5.74, 6) is 0.622. The minimum absolute atomic E-state index is 0.104. The van der Waals surface area contributed by atoms with Crippen LogP contribution in [0.15, 0.2) is 0 Å². The monoisotopic (exact) mass is 240 g/mol. The average Bonchev–Trinajstić information content (AvgIpc) is 2.65. The van der Waals surface area contributed by atoms with Gasteiger partial charge in [0.2, 0.25) is 0 Å². The number of rotatable bonds is 4. The Labute approximate surface area is 101 Å². The van der Waals surface area contributed by atoms with Crippen molar-refractivity contribution in [2.45, 2.75) is 52.9 Å². The lowest BCUT2D eigenvalue weighted by Gasteiger charge is -2.16. The lowest BCUT2D eigenvalue weighted by molar-refractivity contribution is 0.0965. The molecule has 1 aromatic rings. The van der Waals surface area contributed by atoms with Crippen molar-refractivity contribution in [1.82, 2.24) is 9.59 Å². The molecule has 90 valence electrons. The van der Waals surface area contributed by atoms with Crippen molar-refractivity contribution in [2.75, 3.05) is 0 Å². The molecule has 0 N–H and O–H groups in total. The van der Waals surface area contributed by atoms with Crippen LogP contribution in [0.3, 0.4) is 0 Å². The molecule has 0 saturated heterocycles. The molecule has 1 atom stereocenters. The van der Waals surface area contributed by atoms with Crippen molar-refractivity contribution in [2.24, 2.45) is 5.92 Å². The number of hydrogen-bond acceptors (Lipinski definition) is 4. The molecule has 4 heteroatoms. The van der Waals surface area contributed by atoms with Gasteiger partial charge in [-0.3, -0.25) is 4.79 Å². The van der Waals surface area contributed by atoms with E-state index in [1.165, 1.54) is 11.5 Å². The highest BCUT2D eigenvalue weighted by Crippen LogP contribution is 2.27. The zero-order chi connectivity index (χ0) is 12.3. The number of Topliss-reactive ketones (excluding diaryl/α,β-unsaturated/α-hetero) is 1. The molecule has 1 unspecified atom stereocenters. The third-order valence-corrected chi connectivity index (χ3v) is 3.45. The number of carbonyl (C=O) groups excluding carboxylic acids is 1. The molecule has 3 nitrogen and oxygen atoms in total. The Morgan fingerprint density at radius 2 is 2.06 bits per heavy atom. The van der Waals surface area contributed by atoms with Gasteiger partial charge in [-0.05, 0) is 17.5 Å². The van der Waals surface area contributed by atoms with E-state index in [2.05, 4.69) is 44.2 Å². The zero-order valence-corrected chi connectivity index (χ0v) is 11.5. The van der Waals surface area contributed by atoms with E-state index in [1.54, 1.807) is 0 Å². The second-order valence-corrected chi connectivity index (χ2v) is 6.10. The van der Waals surface area contributed by atoms with Crippen LogP contribution in [0.4, 0.5) is 0 Å². The van der Waals surface area contributed by atoms with Crippen LogP contribution in [0.25, 0.3) is 0 Å². The van der Waals surface area contributed by atoms with Crippen LogP contribution in [0.5, 0.6) is 0 Å². The van der Waals surface area contributed by atoms with E-state index in [0.29, 0.717) is 12.3 Å². The van der Waals surface area contributed by atoms with E-state index in [4.69, 9.17) is 0 Å². The van der Waals surface area contributed by atoms with Gasteiger partial charge in [-0.15, -0.1) is 5.10 Å². The second kappa shape index (κ2) is 5.04. The summed E-state index contributed by atoms with van der Waals surface area (Å²) in [6, 6.07) is 0. The first kappa shape index (κ1) is 13.3. The Hall–Kier alpha value is -0.770. The average molecular weight is 240 g/mol. The minimum Gasteiger partial charge on any atom is -0.293 e. The smallest absolute Gasteiger partial charge is 0.176 e. The molecule has 0 bridgehead atoms. The fraction of sp³-hybridized carbons (Fsp3) is 0.750. The molecule has 16 heavy (non-hydrogen) atoms. The molecular formula is C12H20N2OS. The van der Waals surface area contributed by atoms with Crippen LogP contribution in [-0.2, 0) is 5.41 Å². The summed E-state index contributed by atoms with van der Waals surface area (Å²) in [5.41, 5.74) is 0.735. The fourth-order valence-corrected chi connectivity index (χ4v) is 2.24. The molecular weight excluding hydrogens is 220 g/mol. The van der Waals surface area contributed by atoms with E-state index >= 15 is 0 Å². The lowest BCUT2D eigenvalue weighted by Crippen LogP contribution is -2.17. The number of carbonyl (C=O) groups is 1. The van der Waals surface area contributed by atoms with Gasteiger partial charge in [-0.2, -0.15) is 0 Å². The third kappa shape index (κ3) is 3.11. The van der Waals surface area contributed by atoms with Gasteiger partial charge < -0.3 is 0 Å². The molecule has 0 aliphatic heterocycles. The number of ketones is 1. The quantitative estimate of drug-likeness (QED) is 0.757. The third-order valence-electron chi connectivity index (χ3n) is 2.68. The zero-order valence-electron chi connectivity index (χ0n) is 10.7. The maximum atomic E-state index is 12.1. The first-order valence-corrected chi connectivity index (χ1v) is 6.49. The molecule has 1 aromatic heterocycles. The Morgan fingerprint density at radius 3 is 2.56 bits per heavy atom. The van der Waals surface area contributed by atoms with Crippen molar-refractivity contribution in [3.05, 3.63) is 10.6 Å². The summed E-state index contributed by atoms with van der Waals surface area (Å²) in [6.45, 7) is 10.4. The fourth-order valence-electron chi connectivity index (χ4n) is 1.42. The number of nitrogens with zero attached hydrogens (tertiary/aromatic N) is 2. The van der Waals surface area contributed by atoms with Gasteiger partial charge in [-0.25, -0.2) is 0 Å². The first-order valence-electron chi connectivity index (χ1n) is 5.72. The highest BCUT2D eigenvalue weighted by Gasteiger charge is 2.26. The van der Waals surface area contributed by atoms with Crippen molar-refractivity contribution >= 4 is 17.3 Å². The molecule has 1 rings (SSSR count). The lowest BCUT2D eigenvalue weighted by atomic mass is 9.89. The van der Waals surface area contributed by atoms with Crippen molar-refractivity contribution in [1.29, 1.82) is 0 Å². The van der Waals surface area contributed by atoms with Gasteiger partial charge in [0.25, 0.3) is 0 Å². The molecule has 0 aromatic carbocycles. The Kier molecular flexibility index (Phi) is 4.19. The molecule has 0 radical (unpaired) electrons. The first-order chi connectivity index (χ1) is 7.36. The van der Waals surface area contributed by atoms with Crippen molar-refractivity contribution in [3.63, 3.8) is 0 Å². The highest BCUT2D eigenvalue weighted by molar-refractivity contribution is 7.08. The Morgan fingerprint density at radius 1 is 1.44 bits per heavy atom. The van der Waals surface area contributed by atoms with Gasteiger partial charge in [-0.1, -0.05) is 45.5 Å². The topological polar surface area (TPSA) is 42.9 Å². The van der Waals surface area contributed by atoms with Gasteiger partial charge in [0.1, 0.15) is 4.88 Å². The summed E-state index contributed by atoms with van der Waals surface area (Å²) in [4.78, 5) is 12.8. The molecule has 0 aliphatic carbocycles. The van der Waals surface area contributed by atoms with Crippen LogP contribution in [0.1, 0.15) is 62.8 Å². The molecule has 0 fully saturated rings. The minimum atomic E-state index is -0.104. The second-order valence-electron chi connectivity index (χ2n) is 5.34. The van der Waals surface area contributed by atoms with Crippen molar-refractivity contribution in [3.8, 4) is 0 Å². The van der Waals surface area contributed by atoms with Crippen LogP contribution in [-0.4, -0.2) is 15.4 Å². The van der Waals surface area contributed by atoms with Crippen LogP contribution < -0.4 is 0 Å². The summed E-state index contributed by atoms with van der Waals surface area (Å²) >= 11 is 1.23. The highest BCUT2D eigenvalue weighted by atomic mass is 32.1. The van der Waals surface area contributed by atoms with E-state index in [1.807, 2.05) is 0 Å². The van der Waals surface area contributed by atoms with Gasteiger partial charge in [0.15, 0.2) is 5.78 Å². The normalized spacial score (nSPS) is 13.8. The van der Waals surface area contributed by atoms with Gasteiger partial charge in [0, 0.05) is 11.8 Å². The van der Waals surface area contributed by atoms with E-state index in [9.17, 15) is 4.79 Å². The standard InChI is InChI=1S/C12H20N2OS/c1-6-8(2)7-9(15)10-11(12(3,4)5)13-14-16-10/h8H,6-7H2,1-5H3. The molecule has 0 spiro atoms.